The van der Waals surface area contributed by atoms with Crippen LogP contribution >= 0.6 is 0 Å². The second-order valence-corrected chi connectivity index (χ2v) is 3.59. The average molecular weight is 201 g/mol. The van der Waals surface area contributed by atoms with E-state index in [1.807, 2.05) is 44.2 Å². The van der Waals surface area contributed by atoms with Crippen LogP contribution in [0.1, 0.15) is 13.8 Å². The first-order valence-electron chi connectivity index (χ1n) is 4.94. The van der Waals surface area contributed by atoms with Crippen molar-refractivity contribution in [3.63, 3.8) is 0 Å². The van der Waals surface area contributed by atoms with Gasteiger partial charge in [0.05, 0.1) is 18.0 Å². The number of H-pyrrole nitrogens is 1. The maximum atomic E-state index is 5.55. The summed E-state index contributed by atoms with van der Waals surface area (Å²) in [5, 5.41) is 6.72. The van der Waals surface area contributed by atoms with Gasteiger partial charge < -0.3 is 4.74 Å². The fraction of sp³-hybridized carbons (Fsp3) is 0.250. The number of rotatable bonds is 3. The van der Waals surface area contributed by atoms with Crippen molar-refractivity contribution in [3.8, 4) is 17.0 Å². The fourth-order valence-corrected chi connectivity index (χ4v) is 1.35. The monoisotopic (exact) mass is 201 g/mol. The van der Waals surface area contributed by atoms with Crippen molar-refractivity contribution >= 4 is 0 Å². The van der Waals surface area contributed by atoms with Crippen molar-refractivity contribution in [3.05, 3.63) is 36.5 Å². The lowest BCUT2D eigenvalue weighted by molar-refractivity contribution is 0.242. The molecule has 1 aromatic carbocycles. The summed E-state index contributed by atoms with van der Waals surface area (Å²) in [4.78, 5) is 0. The van der Waals surface area contributed by atoms with Gasteiger partial charge in [0.25, 0.3) is 0 Å². The van der Waals surface area contributed by atoms with Gasteiger partial charge in [0.1, 0.15) is 5.75 Å². The van der Waals surface area contributed by atoms with Crippen LogP contribution in [0.15, 0.2) is 30.3 Å². The Labute approximate surface area is 89.1 Å². The van der Waals surface area contributed by atoms with Crippen LogP contribution in [0, 0.1) is 6.20 Å². The Balaban J connectivity index is 2.17. The van der Waals surface area contributed by atoms with Crippen LogP contribution in [0.25, 0.3) is 11.3 Å². The summed E-state index contributed by atoms with van der Waals surface area (Å²) in [6.07, 6.45) is 3.01. The normalized spacial score (nSPS) is 10.6. The summed E-state index contributed by atoms with van der Waals surface area (Å²) in [6.45, 7) is 4.02. The summed E-state index contributed by atoms with van der Waals surface area (Å²) in [6, 6.07) is 9.69. The summed E-state index contributed by atoms with van der Waals surface area (Å²) < 4.78 is 5.55. The molecule has 2 rings (SSSR count). The van der Waals surface area contributed by atoms with E-state index in [9.17, 15) is 0 Å². The SMILES string of the molecule is CC(C)Oc1ccc(-c2c[c][nH]n2)cc1. The Morgan fingerprint density at radius 1 is 1.27 bits per heavy atom. The molecule has 3 nitrogen and oxygen atoms in total. The van der Waals surface area contributed by atoms with E-state index in [1.54, 1.807) is 0 Å². The third-order valence-corrected chi connectivity index (χ3v) is 1.97. The molecule has 0 aliphatic heterocycles. The molecule has 0 saturated heterocycles. The lowest BCUT2D eigenvalue weighted by Crippen LogP contribution is -2.05. The van der Waals surface area contributed by atoms with E-state index >= 15 is 0 Å². The third kappa shape index (κ3) is 2.37. The molecule has 1 heterocycles. The van der Waals surface area contributed by atoms with Crippen molar-refractivity contribution in [2.75, 3.05) is 0 Å². The summed E-state index contributed by atoms with van der Waals surface area (Å²) in [5.74, 6) is 0.883. The Bertz CT molecular complexity index is 404. The van der Waals surface area contributed by atoms with Gasteiger partial charge in [-0.05, 0) is 44.2 Å². The molecule has 3 heteroatoms. The number of aromatic amines is 1. The number of hydrogen-bond acceptors (Lipinski definition) is 2. The minimum atomic E-state index is 0.203. The maximum absolute atomic E-state index is 5.55. The molecule has 1 aromatic heterocycles. The van der Waals surface area contributed by atoms with Crippen molar-refractivity contribution in [1.29, 1.82) is 0 Å². The van der Waals surface area contributed by atoms with Crippen molar-refractivity contribution in [1.82, 2.24) is 10.2 Å². The van der Waals surface area contributed by atoms with Crippen LogP contribution in [0.5, 0.6) is 5.75 Å². The average Bonchev–Trinajstić information content (AvgIpc) is 2.71. The van der Waals surface area contributed by atoms with E-state index in [2.05, 4.69) is 16.4 Å². The van der Waals surface area contributed by atoms with Gasteiger partial charge in [-0.25, -0.2) is 0 Å². The standard InChI is InChI=1S/C12H13N2O/c1-9(2)15-11-5-3-10(4-6-11)12-7-8-13-14-12/h3-7,9H,1-2H3,(H,13,14). The molecule has 0 aliphatic rings. The Kier molecular flexibility index (Phi) is 2.72. The van der Waals surface area contributed by atoms with Gasteiger partial charge in [0, 0.05) is 5.56 Å². The van der Waals surface area contributed by atoms with Gasteiger partial charge in [-0.1, -0.05) is 0 Å². The van der Waals surface area contributed by atoms with Gasteiger partial charge >= 0.3 is 0 Å². The van der Waals surface area contributed by atoms with Crippen molar-refractivity contribution < 1.29 is 4.74 Å². The van der Waals surface area contributed by atoms with E-state index in [0.717, 1.165) is 17.0 Å². The zero-order valence-corrected chi connectivity index (χ0v) is 8.82. The number of ether oxygens (including phenoxy) is 1. The molecule has 0 aliphatic carbocycles. The predicted octanol–water partition coefficient (Wildman–Crippen LogP) is 2.66. The second-order valence-electron chi connectivity index (χ2n) is 3.59. The number of nitrogens with zero attached hydrogens (tertiary/aromatic N) is 1. The first-order chi connectivity index (χ1) is 7.25. The summed E-state index contributed by atoms with van der Waals surface area (Å²) in [5.41, 5.74) is 1.95. The quantitative estimate of drug-likeness (QED) is 0.829. The topological polar surface area (TPSA) is 37.9 Å². The van der Waals surface area contributed by atoms with Crippen LogP contribution in [0.2, 0.25) is 0 Å². The van der Waals surface area contributed by atoms with Crippen LogP contribution in [-0.4, -0.2) is 16.3 Å². The molecule has 0 atom stereocenters. The smallest absolute Gasteiger partial charge is 0.119 e. The van der Waals surface area contributed by atoms with E-state index in [0.29, 0.717) is 0 Å². The van der Waals surface area contributed by atoms with Gasteiger partial charge in [-0.3, -0.25) is 5.10 Å². The van der Waals surface area contributed by atoms with E-state index in [4.69, 9.17) is 4.74 Å². The van der Waals surface area contributed by atoms with Gasteiger partial charge in [0.2, 0.25) is 0 Å². The zero-order chi connectivity index (χ0) is 10.7. The van der Waals surface area contributed by atoms with Crippen molar-refractivity contribution in [2.45, 2.75) is 20.0 Å². The number of nitrogens with one attached hydrogen (secondary N) is 1. The van der Waals surface area contributed by atoms with E-state index < -0.39 is 0 Å². The molecule has 1 N–H and O–H groups in total. The molecule has 0 bridgehead atoms. The van der Waals surface area contributed by atoms with E-state index in [-0.39, 0.29) is 6.10 Å². The molecule has 1 radical (unpaired) electrons. The maximum Gasteiger partial charge on any atom is 0.119 e. The number of aromatic nitrogens is 2. The Hall–Kier alpha value is -1.77. The number of hydrogen-bond donors (Lipinski definition) is 1. The molecule has 0 amide bonds. The van der Waals surface area contributed by atoms with Crippen LogP contribution < -0.4 is 4.74 Å². The number of benzene rings is 1. The van der Waals surface area contributed by atoms with Gasteiger partial charge in [0.15, 0.2) is 0 Å². The molecular formula is C12H13N2O. The highest BCUT2D eigenvalue weighted by atomic mass is 16.5. The Morgan fingerprint density at radius 3 is 2.53 bits per heavy atom. The highest BCUT2D eigenvalue weighted by Crippen LogP contribution is 2.20. The largest absolute Gasteiger partial charge is 0.491 e. The molecule has 0 spiro atoms. The highest BCUT2D eigenvalue weighted by molar-refractivity contribution is 5.59. The minimum absolute atomic E-state index is 0.203. The zero-order valence-electron chi connectivity index (χ0n) is 8.82. The van der Waals surface area contributed by atoms with Crippen LogP contribution in [-0.2, 0) is 0 Å². The fourth-order valence-electron chi connectivity index (χ4n) is 1.35. The molecule has 2 aromatic rings. The predicted molar refractivity (Wildman–Crippen MR) is 58.6 cm³/mol. The molecule has 15 heavy (non-hydrogen) atoms. The minimum Gasteiger partial charge on any atom is -0.491 e. The van der Waals surface area contributed by atoms with Crippen molar-refractivity contribution in [2.24, 2.45) is 0 Å². The Morgan fingerprint density at radius 2 is 2.00 bits per heavy atom. The lowest BCUT2D eigenvalue weighted by atomic mass is 10.1. The van der Waals surface area contributed by atoms with E-state index in [1.165, 1.54) is 0 Å². The summed E-state index contributed by atoms with van der Waals surface area (Å²) >= 11 is 0. The molecular weight excluding hydrogens is 188 g/mol. The first-order valence-corrected chi connectivity index (χ1v) is 4.94. The second kappa shape index (κ2) is 4.17. The third-order valence-electron chi connectivity index (χ3n) is 1.97. The molecule has 0 saturated carbocycles. The first kappa shape index (κ1) is 9.77. The van der Waals surface area contributed by atoms with Crippen LogP contribution in [0.3, 0.4) is 0 Å². The summed E-state index contributed by atoms with van der Waals surface area (Å²) in [7, 11) is 0. The highest BCUT2D eigenvalue weighted by Gasteiger charge is 2.01. The molecule has 77 valence electrons. The van der Waals surface area contributed by atoms with Gasteiger partial charge in [-0.15, -0.1) is 0 Å². The molecule has 0 unspecified atom stereocenters. The van der Waals surface area contributed by atoms with Crippen LogP contribution in [0.4, 0.5) is 0 Å². The lowest BCUT2D eigenvalue weighted by Gasteiger charge is -2.09. The van der Waals surface area contributed by atoms with Gasteiger partial charge in [-0.2, -0.15) is 5.10 Å². The molecule has 0 fully saturated rings.